The monoisotopic (exact) mass is 862 g/mol. The van der Waals surface area contributed by atoms with E-state index >= 15 is 0 Å². The highest BCUT2D eigenvalue weighted by molar-refractivity contribution is 5.76. The number of nitrogens with one attached hydrogen (secondary N) is 1. The molecule has 0 bridgehead atoms. The van der Waals surface area contributed by atoms with E-state index in [0.717, 1.165) is 64.2 Å². The number of aliphatic hydroxyl groups excluding tert-OH is 2. The molecule has 0 aromatic rings. The van der Waals surface area contributed by atoms with Crippen molar-refractivity contribution in [3.05, 3.63) is 85.1 Å². The summed E-state index contributed by atoms with van der Waals surface area (Å²) in [5.74, 6) is -0.0795. The lowest BCUT2D eigenvalue weighted by atomic mass is 10.0. The van der Waals surface area contributed by atoms with E-state index in [-0.39, 0.29) is 12.5 Å². The van der Waals surface area contributed by atoms with Gasteiger partial charge in [-0.2, -0.15) is 0 Å². The summed E-state index contributed by atoms with van der Waals surface area (Å²) >= 11 is 0. The van der Waals surface area contributed by atoms with E-state index < -0.39 is 12.1 Å². The molecule has 1 amide bonds. The third kappa shape index (κ3) is 48.6. The van der Waals surface area contributed by atoms with E-state index in [0.29, 0.717) is 6.42 Å². The Kier molecular flexibility index (Phi) is 50.8. The van der Waals surface area contributed by atoms with Crippen molar-refractivity contribution in [2.45, 2.75) is 270 Å². The number of carbonyl (C=O) groups is 1. The summed E-state index contributed by atoms with van der Waals surface area (Å²) in [6.07, 6.45) is 77.9. The lowest BCUT2D eigenvalue weighted by Gasteiger charge is -2.19. The van der Waals surface area contributed by atoms with Crippen molar-refractivity contribution >= 4 is 5.91 Å². The molecule has 0 aliphatic rings. The molecule has 0 aromatic heterocycles. The van der Waals surface area contributed by atoms with Crippen molar-refractivity contribution in [1.82, 2.24) is 5.32 Å². The smallest absolute Gasteiger partial charge is 0.220 e. The van der Waals surface area contributed by atoms with Gasteiger partial charge < -0.3 is 15.5 Å². The van der Waals surface area contributed by atoms with Gasteiger partial charge in [0.05, 0.1) is 18.8 Å². The van der Waals surface area contributed by atoms with E-state index in [4.69, 9.17) is 0 Å². The van der Waals surface area contributed by atoms with E-state index in [1.54, 1.807) is 6.08 Å². The highest BCUT2D eigenvalue weighted by Crippen LogP contribution is 2.17. The topological polar surface area (TPSA) is 69.6 Å². The first-order chi connectivity index (χ1) is 30.7. The third-order valence-corrected chi connectivity index (χ3v) is 11.9. The van der Waals surface area contributed by atoms with Gasteiger partial charge in [0.2, 0.25) is 5.91 Å². The summed E-state index contributed by atoms with van der Waals surface area (Å²) in [6, 6.07) is -0.644. The molecule has 0 heterocycles. The summed E-state index contributed by atoms with van der Waals surface area (Å²) in [4.78, 5) is 12.4. The largest absolute Gasteiger partial charge is 0.394 e. The van der Waals surface area contributed by atoms with Gasteiger partial charge >= 0.3 is 0 Å². The zero-order valence-electron chi connectivity index (χ0n) is 41.1. The molecule has 0 spiro atoms. The van der Waals surface area contributed by atoms with Crippen LogP contribution in [0.25, 0.3) is 0 Å². The maximum absolute atomic E-state index is 12.4. The molecule has 3 N–H and O–H groups in total. The molecule has 0 saturated heterocycles. The fourth-order valence-corrected chi connectivity index (χ4v) is 7.92. The van der Waals surface area contributed by atoms with E-state index in [9.17, 15) is 15.0 Å². The number of amides is 1. The van der Waals surface area contributed by atoms with Gasteiger partial charge in [-0.15, -0.1) is 0 Å². The van der Waals surface area contributed by atoms with Crippen molar-refractivity contribution in [2.75, 3.05) is 6.61 Å². The number of hydrogen-bond acceptors (Lipinski definition) is 3. The summed E-state index contributed by atoms with van der Waals surface area (Å²) in [7, 11) is 0. The molecule has 0 radical (unpaired) electrons. The van der Waals surface area contributed by atoms with Crippen LogP contribution in [0.4, 0.5) is 0 Å². The summed E-state index contributed by atoms with van der Waals surface area (Å²) < 4.78 is 0. The lowest BCUT2D eigenvalue weighted by Crippen LogP contribution is -2.45. The second kappa shape index (κ2) is 52.9. The molecule has 0 aromatic carbocycles. The van der Waals surface area contributed by atoms with Crippen molar-refractivity contribution in [3.8, 4) is 0 Å². The Labute approximate surface area is 386 Å². The van der Waals surface area contributed by atoms with Gasteiger partial charge in [-0.1, -0.05) is 259 Å². The second-order valence-electron chi connectivity index (χ2n) is 17.9. The molecule has 4 nitrogen and oxygen atoms in total. The molecule has 358 valence electrons. The van der Waals surface area contributed by atoms with Crippen LogP contribution in [0.5, 0.6) is 0 Å². The fourth-order valence-electron chi connectivity index (χ4n) is 7.92. The maximum atomic E-state index is 12.4. The van der Waals surface area contributed by atoms with Gasteiger partial charge in [-0.3, -0.25) is 4.79 Å². The Hall–Kier alpha value is -2.43. The molecular formula is C58H103NO3. The number of allylic oxidation sites excluding steroid dienone is 13. The van der Waals surface area contributed by atoms with Gasteiger partial charge in [-0.25, -0.2) is 0 Å². The SMILES string of the molecule is C/C=C/CC/C=C/CC/C=C/C(O)C(CO)NC(=O)CCCCCCCCCCCCCCCCCCCCCCCCCCCCCC/C=C\C/C=C\C/C=C\C/C=C\CC. The van der Waals surface area contributed by atoms with Crippen molar-refractivity contribution in [1.29, 1.82) is 0 Å². The van der Waals surface area contributed by atoms with Crippen LogP contribution in [-0.4, -0.2) is 34.9 Å². The van der Waals surface area contributed by atoms with Crippen molar-refractivity contribution in [2.24, 2.45) is 0 Å². The van der Waals surface area contributed by atoms with E-state index in [2.05, 4.69) is 85.2 Å². The van der Waals surface area contributed by atoms with Crippen LogP contribution in [-0.2, 0) is 4.79 Å². The van der Waals surface area contributed by atoms with Gasteiger partial charge in [-0.05, 0) is 77.6 Å². The van der Waals surface area contributed by atoms with Gasteiger partial charge in [0, 0.05) is 6.42 Å². The first-order valence-corrected chi connectivity index (χ1v) is 26.8. The van der Waals surface area contributed by atoms with Crippen LogP contribution in [0.3, 0.4) is 0 Å². The number of rotatable bonds is 48. The predicted octanol–water partition coefficient (Wildman–Crippen LogP) is 17.6. The third-order valence-electron chi connectivity index (χ3n) is 11.9. The van der Waals surface area contributed by atoms with E-state index in [1.807, 2.05) is 13.0 Å². The minimum atomic E-state index is -0.868. The quantitative estimate of drug-likeness (QED) is 0.0422. The van der Waals surface area contributed by atoms with Crippen LogP contribution in [0.2, 0.25) is 0 Å². The number of carbonyl (C=O) groups excluding carboxylic acids is 1. The number of hydrogen-bond donors (Lipinski definition) is 3. The summed E-state index contributed by atoms with van der Waals surface area (Å²) in [5.41, 5.74) is 0. The maximum Gasteiger partial charge on any atom is 0.220 e. The van der Waals surface area contributed by atoms with Crippen LogP contribution >= 0.6 is 0 Å². The Bertz CT molecular complexity index is 1110. The Morgan fingerprint density at radius 3 is 1.13 bits per heavy atom. The van der Waals surface area contributed by atoms with Crippen molar-refractivity contribution in [3.63, 3.8) is 0 Å². The van der Waals surface area contributed by atoms with Crippen LogP contribution in [0.15, 0.2) is 85.1 Å². The van der Waals surface area contributed by atoms with Crippen LogP contribution in [0, 0.1) is 0 Å². The van der Waals surface area contributed by atoms with Crippen molar-refractivity contribution < 1.29 is 15.0 Å². The Balaban J connectivity index is 3.36. The van der Waals surface area contributed by atoms with Gasteiger partial charge in [0.1, 0.15) is 0 Å². The molecule has 62 heavy (non-hydrogen) atoms. The Morgan fingerprint density at radius 1 is 0.419 bits per heavy atom. The average Bonchev–Trinajstić information content (AvgIpc) is 3.28. The van der Waals surface area contributed by atoms with Crippen LogP contribution < -0.4 is 5.32 Å². The molecule has 0 aliphatic carbocycles. The lowest BCUT2D eigenvalue weighted by molar-refractivity contribution is -0.123. The minimum Gasteiger partial charge on any atom is -0.394 e. The molecule has 2 atom stereocenters. The molecule has 4 heteroatoms. The molecular weight excluding hydrogens is 759 g/mol. The van der Waals surface area contributed by atoms with Gasteiger partial charge in [0.15, 0.2) is 0 Å². The molecule has 0 rings (SSSR count). The highest BCUT2D eigenvalue weighted by Gasteiger charge is 2.17. The predicted molar refractivity (Wildman–Crippen MR) is 276 cm³/mol. The highest BCUT2D eigenvalue weighted by atomic mass is 16.3. The van der Waals surface area contributed by atoms with E-state index in [1.165, 1.54) is 173 Å². The average molecular weight is 862 g/mol. The first-order valence-electron chi connectivity index (χ1n) is 26.8. The number of aliphatic hydroxyl groups is 2. The zero-order chi connectivity index (χ0) is 44.9. The molecule has 0 saturated carbocycles. The van der Waals surface area contributed by atoms with Crippen LogP contribution in [0.1, 0.15) is 258 Å². The normalized spacial score (nSPS) is 13.5. The second-order valence-corrected chi connectivity index (χ2v) is 17.9. The summed E-state index contributed by atoms with van der Waals surface area (Å²) in [6.45, 7) is 3.95. The number of unbranched alkanes of at least 4 members (excludes halogenated alkanes) is 30. The molecule has 0 aliphatic heterocycles. The minimum absolute atomic E-state index is 0.0795. The van der Waals surface area contributed by atoms with Gasteiger partial charge in [0.25, 0.3) is 0 Å². The summed E-state index contributed by atoms with van der Waals surface area (Å²) in [5, 5.41) is 22.9. The zero-order valence-corrected chi connectivity index (χ0v) is 41.1. The first kappa shape index (κ1) is 59.6. The standard InChI is InChI=1S/C58H103NO3/c1-3-5-7-9-11-13-14-15-16-17-18-19-20-21-22-23-24-25-26-27-28-29-30-31-32-33-34-35-36-37-38-39-40-41-42-43-44-46-48-50-52-54-58(62)59-56(55-60)57(61)53-51-49-47-45-12-10-8-6-4-2/h4-7,11-13,15-16,18-19,45,51,53,56-57,60-61H,3,8-10,14,17,20-44,46-50,52,54-55H2,1-2H3,(H,59,62)/b6-4+,7-5-,13-11-,16-15-,19-18-,45-12+,53-51+. The molecule has 2 unspecified atom stereocenters. The molecule has 0 fully saturated rings. The Morgan fingerprint density at radius 2 is 0.742 bits per heavy atom. The fraction of sp³-hybridized carbons (Fsp3) is 0.741.